The molecule has 0 bridgehead atoms. The Morgan fingerprint density at radius 2 is 1.83 bits per heavy atom. The Bertz CT molecular complexity index is 1290. The monoisotopic (exact) mass is 499 g/mol. The Labute approximate surface area is 205 Å². The molecule has 1 saturated heterocycles. The van der Waals surface area contributed by atoms with Crippen LogP contribution in [0.3, 0.4) is 0 Å². The van der Waals surface area contributed by atoms with Crippen LogP contribution in [-0.2, 0) is 4.74 Å². The number of halogens is 3. The number of methoxy groups -OCH3 is 1. The van der Waals surface area contributed by atoms with Crippen LogP contribution < -0.4 is 16.0 Å². The molecule has 1 aromatic carbocycles. The summed E-state index contributed by atoms with van der Waals surface area (Å²) in [6, 6.07) is 5.13. The van der Waals surface area contributed by atoms with E-state index in [-0.39, 0.29) is 17.3 Å². The summed E-state index contributed by atoms with van der Waals surface area (Å²) in [5.41, 5.74) is 5.07. The SMILES string of the molecule is COC(=O)c1cc(F)c(-c2nc(C(=O)Nc3cnccc3N3C[C@H](C)C[C@H](N)C3)ccc2F)c(F)c1. The molecule has 1 aliphatic rings. The van der Waals surface area contributed by atoms with Gasteiger partial charge in [0.15, 0.2) is 0 Å². The molecule has 11 heteroatoms. The van der Waals surface area contributed by atoms with Crippen molar-refractivity contribution in [3.63, 3.8) is 0 Å². The lowest BCUT2D eigenvalue weighted by Crippen LogP contribution is -2.46. The molecule has 8 nitrogen and oxygen atoms in total. The molecule has 4 rings (SSSR count). The van der Waals surface area contributed by atoms with E-state index in [0.29, 0.717) is 36.0 Å². The van der Waals surface area contributed by atoms with E-state index in [0.717, 1.165) is 32.2 Å². The average Bonchev–Trinajstić information content (AvgIpc) is 2.83. The number of nitrogens with two attached hydrogens (primary N) is 1. The number of rotatable bonds is 5. The van der Waals surface area contributed by atoms with Crippen molar-refractivity contribution >= 4 is 23.3 Å². The summed E-state index contributed by atoms with van der Waals surface area (Å²) in [5.74, 6) is -4.85. The number of carbonyl (C=O) groups is 2. The highest BCUT2D eigenvalue weighted by molar-refractivity contribution is 6.05. The molecule has 3 N–H and O–H groups in total. The van der Waals surface area contributed by atoms with Crippen molar-refractivity contribution in [2.45, 2.75) is 19.4 Å². The topological polar surface area (TPSA) is 110 Å². The molecule has 0 saturated carbocycles. The van der Waals surface area contributed by atoms with Crippen LogP contribution in [0.1, 0.15) is 34.2 Å². The number of hydrogen-bond acceptors (Lipinski definition) is 7. The number of nitrogens with zero attached hydrogens (tertiary/aromatic N) is 3. The van der Waals surface area contributed by atoms with Gasteiger partial charge in [-0.1, -0.05) is 6.92 Å². The number of anilines is 2. The van der Waals surface area contributed by atoms with Crippen LogP contribution in [0.25, 0.3) is 11.3 Å². The van der Waals surface area contributed by atoms with E-state index in [1.165, 1.54) is 6.20 Å². The van der Waals surface area contributed by atoms with E-state index < -0.39 is 40.6 Å². The standard InChI is InChI=1S/C25H24F3N5O3/c1-13-7-15(29)12-33(11-13)21-5-6-30-10-20(21)32-24(34)19-4-3-16(26)23(31-19)22-17(27)8-14(9-18(22)28)25(35)36-2/h3-6,8-10,13,15H,7,11-12,29H2,1-2H3,(H,32,34)/t13-,15+/m1/s1. The van der Waals surface area contributed by atoms with Gasteiger partial charge < -0.3 is 20.7 Å². The number of amides is 1. The van der Waals surface area contributed by atoms with Gasteiger partial charge in [0.25, 0.3) is 5.91 Å². The first kappa shape index (κ1) is 25.1. The molecule has 1 fully saturated rings. The van der Waals surface area contributed by atoms with Gasteiger partial charge >= 0.3 is 5.97 Å². The first-order valence-electron chi connectivity index (χ1n) is 11.2. The summed E-state index contributed by atoms with van der Waals surface area (Å²) < 4.78 is 48.4. The summed E-state index contributed by atoms with van der Waals surface area (Å²) in [5, 5.41) is 2.70. The first-order chi connectivity index (χ1) is 17.2. The Hall–Kier alpha value is -3.99. The van der Waals surface area contributed by atoms with Crippen molar-refractivity contribution in [1.29, 1.82) is 0 Å². The second-order valence-corrected chi connectivity index (χ2v) is 8.69. The summed E-state index contributed by atoms with van der Waals surface area (Å²) in [4.78, 5) is 34.6. The number of esters is 1. The van der Waals surface area contributed by atoms with Crippen molar-refractivity contribution in [3.8, 4) is 11.3 Å². The maximum atomic E-state index is 14.7. The molecule has 188 valence electrons. The Morgan fingerprint density at radius 3 is 2.50 bits per heavy atom. The van der Waals surface area contributed by atoms with Crippen LogP contribution in [-0.4, -0.2) is 48.1 Å². The summed E-state index contributed by atoms with van der Waals surface area (Å²) in [6.07, 6.45) is 3.94. The minimum Gasteiger partial charge on any atom is -0.465 e. The number of nitrogens with one attached hydrogen (secondary N) is 1. The lowest BCUT2D eigenvalue weighted by atomic mass is 9.96. The van der Waals surface area contributed by atoms with Crippen LogP contribution in [0.2, 0.25) is 0 Å². The zero-order chi connectivity index (χ0) is 26.0. The molecular weight excluding hydrogens is 475 g/mol. The molecule has 2 atom stereocenters. The molecule has 36 heavy (non-hydrogen) atoms. The van der Waals surface area contributed by atoms with Crippen LogP contribution in [0.4, 0.5) is 24.5 Å². The van der Waals surface area contributed by atoms with Gasteiger partial charge in [-0.25, -0.2) is 22.9 Å². The van der Waals surface area contributed by atoms with Gasteiger partial charge in [-0.15, -0.1) is 0 Å². The summed E-state index contributed by atoms with van der Waals surface area (Å²) in [7, 11) is 1.06. The molecule has 1 amide bonds. The van der Waals surface area contributed by atoms with E-state index in [9.17, 15) is 22.8 Å². The number of benzene rings is 1. The predicted molar refractivity (Wildman–Crippen MR) is 127 cm³/mol. The molecule has 2 aromatic heterocycles. The molecule has 1 aliphatic heterocycles. The van der Waals surface area contributed by atoms with Gasteiger partial charge in [-0.2, -0.15) is 0 Å². The number of ether oxygens (including phenoxy) is 1. The Morgan fingerprint density at radius 1 is 1.11 bits per heavy atom. The largest absolute Gasteiger partial charge is 0.465 e. The third kappa shape index (κ3) is 5.15. The number of hydrogen-bond donors (Lipinski definition) is 2. The fourth-order valence-electron chi connectivity index (χ4n) is 4.32. The fraction of sp³-hybridized carbons (Fsp3) is 0.280. The lowest BCUT2D eigenvalue weighted by molar-refractivity contribution is 0.0599. The van der Waals surface area contributed by atoms with E-state index in [4.69, 9.17) is 5.73 Å². The predicted octanol–water partition coefficient (Wildman–Crippen LogP) is 3.77. The number of carbonyl (C=O) groups excluding carboxylic acids is 2. The minimum absolute atomic E-state index is 0.0258. The fourth-order valence-corrected chi connectivity index (χ4v) is 4.32. The van der Waals surface area contributed by atoms with Gasteiger partial charge in [0, 0.05) is 25.3 Å². The quantitative estimate of drug-likeness (QED) is 0.514. The molecule has 0 spiro atoms. The second-order valence-electron chi connectivity index (χ2n) is 8.69. The Kier molecular flexibility index (Phi) is 7.20. The number of piperidine rings is 1. The van der Waals surface area contributed by atoms with Crippen molar-refractivity contribution in [1.82, 2.24) is 9.97 Å². The van der Waals surface area contributed by atoms with Gasteiger partial charge in [0.1, 0.15) is 28.8 Å². The second kappa shape index (κ2) is 10.3. The minimum atomic E-state index is -1.23. The maximum Gasteiger partial charge on any atom is 0.338 e. The summed E-state index contributed by atoms with van der Waals surface area (Å²) in [6.45, 7) is 3.42. The average molecular weight is 499 g/mol. The van der Waals surface area contributed by atoms with Gasteiger partial charge in [0.2, 0.25) is 0 Å². The zero-order valence-corrected chi connectivity index (χ0v) is 19.6. The molecule has 3 aromatic rings. The van der Waals surface area contributed by atoms with Gasteiger partial charge in [-0.05, 0) is 42.7 Å². The molecule has 0 radical (unpaired) electrons. The van der Waals surface area contributed by atoms with Crippen molar-refractivity contribution in [2.75, 3.05) is 30.4 Å². The van der Waals surface area contributed by atoms with Crippen LogP contribution in [0.15, 0.2) is 42.7 Å². The molecular formula is C25H24F3N5O3. The van der Waals surface area contributed by atoms with Crippen LogP contribution in [0.5, 0.6) is 0 Å². The molecule has 0 aliphatic carbocycles. The number of aromatic nitrogens is 2. The van der Waals surface area contributed by atoms with E-state index in [1.807, 2.05) is 4.90 Å². The van der Waals surface area contributed by atoms with Gasteiger partial charge in [-0.3, -0.25) is 9.78 Å². The van der Waals surface area contributed by atoms with E-state index >= 15 is 0 Å². The van der Waals surface area contributed by atoms with Crippen molar-refractivity contribution in [2.24, 2.45) is 11.7 Å². The van der Waals surface area contributed by atoms with E-state index in [1.54, 1.807) is 12.3 Å². The van der Waals surface area contributed by atoms with Crippen LogP contribution >= 0.6 is 0 Å². The molecule has 0 unspecified atom stereocenters. The van der Waals surface area contributed by atoms with Gasteiger partial charge in [0.05, 0.1) is 35.8 Å². The highest BCUT2D eigenvalue weighted by Crippen LogP contribution is 2.31. The number of pyridine rings is 2. The molecule has 3 heterocycles. The highest BCUT2D eigenvalue weighted by Gasteiger charge is 2.26. The van der Waals surface area contributed by atoms with Crippen LogP contribution in [0, 0.1) is 23.4 Å². The zero-order valence-electron chi connectivity index (χ0n) is 19.6. The third-order valence-electron chi connectivity index (χ3n) is 5.86. The van der Waals surface area contributed by atoms with Crippen molar-refractivity contribution in [3.05, 3.63) is 71.4 Å². The summed E-state index contributed by atoms with van der Waals surface area (Å²) >= 11 is 0. The normalized spacial score (nSPS) is 17.6. The highest BCUT2D eigenvalue weighted by atomic mass is 19.1. The maximum absolute atomic E-state index is 14.7. The third-order valence-corrected chi connectivity index (χ3v) is 5.86. The van der Waals surface area contributed by atoms with E-state index in [2.05, 4.69) is 26.9 Å². The first-order valence-corrected chi connectivity index (χ1v) is 11.2. The smallest absolute Gasteiger partial charge is 0.338 e. The lowest BCUT2D eigenvalue weighted by Gasteiger charge is -2.37. The Balaban J connectivity index is 1.65. The van der Waals surface area contributed by atoms with Crippen molar-refractivity contribution < 1.29 is 27.5 Å².